The predicted octanol–water partition coefficient (Wildman–Crippen LogP) is 3.81. The van der Waals surface area contributed by atoms with Gasteiger partial charge in [-0.3, -0.25) is 4.90 Å². The van der Waals surface area contributed by atoms with Gasteiger partial charge in [-0.1, -0.05) is 26.7 Å². The van der Waals surface area contributed by atoms with Gasteiger partial charge in [-0.15, -0.1) is 0 Å². The van der Waals surface area contributed by atoms with Crippen LogP contribution >= 0.6 is 0 Å². The molecule has 0 radical (unpaired) electrons. The third kappa shape index (κ3) is 4.80. The molecule has 0 aliphatic carbocycles. The second-order valence-corrected chi connectivity index (χ2v) is 6.03. The van der Waals surface area contributed by atoms with Crippen molar-refractivity contribution in [3.05, 3.63) is 18.0 Å². The number of nitrogens with one attached hydrogen (secondary N) is 1. The number of anilines is 1. The molecule has 0 saturated carbocycles. The van der Waals surface area contributed by atoms with Crippen LogP contribution < -0.4 is 5.32 Å². The number of nitrogens with zero attached hydrogens (tertiary/aromatic N) is 3. The molecule has 1 saturated heterocycles. The fourth-order valence-electron chi connectivity index (χ4n) is 3.30. The number of alkyl halides is 3. The monoisotopic (exact) mass is 330 g/mol. The lowest BCUT2D eigenvalue weighted by atomic mass is 9.93. The Morgan fingerprint density at radius 3 is 2.43 bits per heavy atom. The Kier molecular flexibility index (Phi) is 6.21. The molecule has 1 N–H and O–H groups in total. The maximum absolute atomic E-state index is 12.7. The van der Waals surface area contributed by atoms with E-state index in [0.717, 1.165) is 38.2 Å². The van der Waals surface area contributed by atoms with Gasteiger partial charge < -0.3 is 5.32 Å². The van der Waals surface area contributed by atoms with E-state index in [2.05, 4.69) is 34.0 Å². The molecule has 1 aliphatic rings. The largest absolute Gasteiger partial charge is 0.433 e. The highest BCUT2D eigenvalue weighted by Gasteiger charge is 2.33. The number of likely N-dealkylation sites (tertiary alicyclic amines) is 1. The molecule has 0 aromatic carbocycles. The minimum Gasteiger partial charge on any atom is -0.353 e. The van der Waals surface area contributed by atoms with Crippen LogP contribution in [0, 0.1) is 5.92 Å². The maximum Gasteiger partial charge on any atom is 0.433 e. The van der Waals surface area contributed by atoms with Crippen molar-refractivity contribution in [2.75, 3.05) is 25.0 Å². The van der Waals surface area contributed by atoms with Crippen molar-refractivity contribution in [3.63, 3.8) is 0 Å². The van der Waals surface area contributed by atoms with Gasteiger partial charge in [0.2, 0.25) is 5.95 Å². The van der Waals surface area contributed by atoms with E-state index in [1.54, 1.807) is 0 Å². The number of hydrogen-bond donors (Lipinski definition) is 1. The van der Waals surface area contributed by atoms with E-state index in [9.17, 15) is 13.2 Å². The van der Waals surface area contributed by atoms with Gasteiger partial charge >= 0.3 is 6.18 Å². The molecule has 1 aromatic heterocycles. The van der Waals surface area contributed by atoms with Crippen LogP contribution in [-0.4, -0.2) is 40.5 Å². The number of rotatable bonds is 7. The Bertz CT molecular complexity index is 480. The van der Waals surface area contributed by atoms with Crippen LogP contribution in [0.4, 0.5) is 19.1 Å². The minimum absolute atomic E-state index is 0.0509. The second kappa shape index (κ2) is 7.95. The van der Waals surface area contributed by atoms with Gasteiger partial charge in [0.25, 0.3) is 0 Å². The first-order valence-electron chi connectivity index (χ1n) is 8.33. The van der Waals surface area contributed by atoms with Crippen LogP contribution in [0.1, 0.15) is 45.2 Å². The summed E-state index contributed by atoms with van der Waals surface area (Å²) >= 11 is 0. The molecule has 23 heavy (non-hydrogen) atoms. The Morgan fingerprint density at radius 2 is 1.87 bits per heavy atom. The van der Waals surface area contributed by atoms with Crippen molar-refractivity contribution in [2.24, 2.45) is 5.92 Å². The molecular formula is C16H25F3N4. The minimum atomic E-state index is -4.44. The van der Waals surface area contributed by atoms with Gasteiger partial charge in [-0.25, -0.2) is 9.97 Å². The van der Waals surface area contributed by atoms with Crippen molar-refractivity contribution in [3.8, 4) is 0 Å². The Hall–Kier alpha value is -1.37. The molecule has 0 spiro atoms. The lowest BCUT2D eigenvalue weighted by molar-refractivity contribution is -0.141. The van der Waals surface area contributed by atoms with E-state index in [4.69, 9.17) is 0 Å². The molecule has 1 aliphatic heterocycles. The van der Waals surface area contributed by atoms with Crippen molar-refractivity contribution in [1.29, 1.82) is 0 Å². The summed E-state index contributed by atoms with van der Waals surface area (Å²) in [5.41, 5.74) is -0.907. The zero-order valence-electron chi connectivity index (χ0n) is 13.7. The van der Waals surface area contributed by atoms with Crippen molar-refractivity contribution in [2.45, 2.75) is 51.7 Å². The zero-order chi connectivity index (χ0) is 16.9. The SMILES string of the molecule is CCC(CC)C(CNc1nccc(C(F)(F)F)n1)N1CCCC1. The summed E-state index contributed by atoms with van der Waals surface area (Å²) in [6.07, 6.45) is 1.21. The molecule has 7 heteroatoms. The summed E-state index contributed by atoms with van der Waals surface area (Å²) in [5, 5.41) is 3.02. The summed E-state index contributed by atoms with van der Waals surface area (Å²) in [7, 11) is 0. The van der Waals surface area contributed by atoms with E-state index in [1.165, 1.54) is 12.8 Å². The fourth-order valence-corrected chi connectivity index (χ4v) is 3.30. The highest BCUT2D eigenvalue weighted by Crippen LogP contribution is 2.28. The summed E-state index contributed by atoms with van der Waals surface area (Å²) in [4.78, 5) is 9.95. The molecule has 1 unspecified atom stereocenters. The first-order valence-corrected chi connectivity index (χ1v) is 8.33. The lowest BCUT2D eigenvalue weighted by Crippen LogP contribution is -2.43. The fraction of sp³-hybridized carbons (Fsp3) is 0.750. The van der Waals surface area contributed by atoms with E-state index in [-0.39, 0.29) is 5.95 Å². The van der Waals surface area contributed by atoms with E-state index in [0.29, 0.717) is 18.5 Å². The summed E-state index contributed by atoms with van der Waals surface area (Å²) in [6.45, 7) is 7.03. The summed E-state index contributed by atoms with van der Waals surface area (Å²) in [5.74, 6) is 0.571. The van der Waals surface area contributed by atoms with Crippen LogP contribution in [0.3, 0.4) is 0 Å². The smallest absolute Gasteiger partial charge is 0.353 e. The summed E-state index contributed by atoms with van der Waals surface area (Å²) < 4.78 is 38.2. The summed E-state index contributed by atoms with van der Waals surface area (Å²) in [6, 6.07) is 1.20. The van der Waals surface area contributed by atoms with Gasteiger partial charge in [-0.05, 0) is 37.9 Å². The highest BCUT2D eigenvalue weighted by atomic mass is 19.4. The van der Waals surface area contributed by atoms with Crippen LogP contribution in [0.25, 0.3) is 0 Å². The molecule has 2 rings (SSSR count). The van der Waals surface area contributed by atoms with Crippen LogP contribution in [0.2, 0.25) is 0 Å². The Labute approximate surface area is 135 Å². The first kappa shape index (κ1) is 18.0. The van der Waals surface area contributed by atoms with Crippen molar-refractivity contribution < 1.29 is 13.2 Å². The van der Waals surface area contributed by atoms with Crippen LogP contribution in [0.15, 0.2) is 12.3 Å². The molecule has 2 heterocycles. The van der Waals surface area contributed by atoms with E-state index in [1.807, 2.05) is 0 Å². The normalized spacial score (nSPS) is 17.7. The van der Waals surface area contributed by atoms with Gasteiger partial charge in [0, 0.05) is 18.8 Å². The van der Waals surface area contributed by atoms with Crippen LogP contribution in [0.5, 0.6) is 0 Å². The number of aromatic nitrogens is 2. The highest BCUT2D eigenvalue weighted by molar-refractivity contribution is 5.26. The first-order chi connectivity index (χ1) is 11.0. The molecule has 1 aromatic rings. The molecular weight excluding hydrogens is 305 g/mol. The van der Waals surface area contributed by atoms with Crippen molar-refractivity contribution >= 4 is 5.95 Å². The standard InChI is InChI=1S/C16H25F3N4/c1-3-12(4-2)13(23-9-5-6-10-23)11-21-15-20-8-7-14(22-15)16(17,18)19/h7-8,12-13H,3-6,9-11H2,1-2H3,(H,20,21,22). The average molecular weight is 330 g/mol. The topological polar surface area (TPSA) is 41.1 Å². The molecule has 130 valence electrons. The van der Waals surface area contributed by atoms with Crippen LogP contribution in [-0.2, 0) is 6.18 Å². The van der Waals surface area contributed by atoms with E-state index < -0.39 is 11.9 Å². The molecule has 4 nitrogen and oxygen atoms in total. The van der Waals surface area contributed by atoms with Gasteiger partial charge in [0.15, 0.2) is 0 Å². The zero-order valence-corrected chi connectivity index (χ0v) is 13.7. The van der Waals surface area contributed by atoms with E-state index >= 15 is 0 Å². The third-order valence-electron chi connectivity index (χ3n) is 4.62. The molecule has 1 fully saturated rings. The van der Waals surface area contributed by atoms with Gasteiger partial charge in [0.1, 0.15) is 5.69 Å². The lowest BCUT2D eigenvalue weighted by Gasteiger charge is -2.33. The Balaban J connectivity index is 2.05. The third-order valence-corrected chi connectivity index (χ3v) is 4.62. The number of halogens is 3. The maximum atomic E-state index is 12.7. The molecule has 1 atom stereocenters. The quantitative estimate of drug-likeness (QED) is 0.825. The Morgan fingerprint density at radius 1 is 1.22 bits per heavy atom. The van der Waals surface area contributed by atoms with Crippen molar-refractivity contribution in [1.82, 2.24) is 14.9 Å². The number of hydrogen-bond acceptors (Lipinski definition) is 4. The van der Waals surface area contributed by atoms with Gasteiger partial charge in [-0.2, -0.15) is 13.2 Å². The second-order valence-electron chi connectivity index (χ2n) is 6.03. The molecule has 0 bridgehead atoms. The predicted molar refractivity (Wildman–Crippen MR) is 84.2 cm³/mol. The van der Waals surface area contributed by atoms with Gasteiger partial charge in [0.05, 0.1) is 0 Å². The molecule has 0 amide bonds. The average Bonchev–Trinajstić information content (AvgIpc) is 3.05.